The third-order valence-electron chi connectivity index (χ3n) is 3.18. The zero-order chi connectivity index (χ0) is 12.4. The molecule has 0 aliphatic carbocycles. The SMILES string of the molecule is Cc1cc(CCl)ccc1N1CC(C)OC(C)C1. The van der Waals surface area contributed by atoms with Crippen molar-refractivity contribution in [2.75, 3.05) is 18.0 Å². The lowest BCUT2D eigenvalue weighted by molar-refractivity contribution is -0.00524. The Kier molecular flexibility index (Phi) is 3.95. The van der Waals surface area contributed by atoms with Crippen molar-refractivity contribution < 1.29 is 4.74 Å². The fourth-order valence-electron chi connectivity index (χ4n) is 2.53. The Morgan fingerprint density at radius 3 is 2.47 bits per heavy atom. The maximum Gasteiger partial charge on any atom is 0.0726 e. The van der Waals surface area contributed by atoms with E-state index >= 15 is 0 Å². The number of benzene rings is 1. The summed E-state index contributed by atoms with van der Waals surface area (Å²) in [5, 5.41) is 0. The third kappa shape index (κ3) is 2.93. The van der Waals surface area contributed by atoms with E-state index in [0.29, 0.717) is 18.1 Å². The molecule has 0 radical (unpaired) electrons. The van der Waals surface area contributed by atoms with Crippen LogP contribution in [0.3, 0.4) is 0 Å². The van der Waals surface area contributed by atoms with Gasteiger partial charge >= 0.3 is 0 Å². The Labute approximate surface area is 109 Å². The van der Waals surface area contributed by atoms with E-state index in [4.69, 9.17) is 16.3 Å². The lowest BCUT2D eigenvalue weighted by atomic mass is 10.1. The molecule has 2 rings (SSSR count). The average Bonchev–Trinajstić information content (AvgIpc) is 2.27. The lowest BCUT2D eigenvalue weighted by Gasteiger charge is -2.37. The summed E-state index contributed by atoms with van der Waals surface area (Å²) >= 11 is 5.85. The molecule has 0 saturated carbocycles. The highest BCUT2D eigenvalue weighted by atomic mass is 35.5. The van der Waals surface area contributed by atoms with Crippen LogP contribution in [0.1, 0.15) is 25.0 Å². The van der Waals surface area contributed by atoms with E-state index in [-0.39, 0.29) is 0 Å². The van der Waals surface area contributed by atoms with E-state index in [1.54, 1.807) is 0 Å². The second-order valence-electron chi connectivity index (χ2n) is 4.92. The van der Waals surface area contributed by atoms with Crippen LogP contribution < -0.4 is 4.90 Å². The normalized spacial score (nSPS) is 25.1. The van der Waals surface area contributed by atoms with Crippen LogP contribution in [-0.2, 0) is 10.6 Å². The molecule has 0 N–H and O–H groups in total. The van der Waals surface area contributed by atoms with Gasteiger partial charge in [-0.25, -0.2) is 0 Å². The second-order valence-corrected chi connectivity index (χ2v) is 5.18. The maximum absolute atomic E-state index is 5.85. The molecule has 1 aromatic carbocycles. The summed E-state index contributed by atoms with van der Waals surface area (Å²) < 4.78 is 5.76. The van der Waals surface area contributed by atoms with Gasteiger partial charge in [0, 0.05) is 24.7 Å². The Morgan fingerprint density at radius 1 is 1.29 bits per heavy atom. The Bertz CT molecular complexity index is 384. The van der Waals surface area contributed by atoms with E-state index in [1.165, 1.54) is 16.8 Å². The number of hydrogen-bond donors (Lipinski definition) is 0. The van der Waals surface area contributed by atoms with Gasteiger partial charge in [0.25, 0.3) is 0 Å². The quantitative estimate of drug-likeness (QED) is 0.750. The smallest absolute Gasteiger partial charge is 0.0726 e. The largest absolute Gasteiger partial charge is 0.372 e. The van der Waals surface area contributed by atoms with Crippen molar-refractivity contribution >= 4 is 17.3 Å². The van der Waals surface area contributed by atoms with Gasteiger partial charge in [0.05, 0.1) is 12.2 Å². The first-order valence-corrected chi connectivity index (χ1v) is 6.69. The van der Waals surface area contributed by atoms with Crippen molar-refractivity contribution in [3.63, 3.8) is 0 Å². The van der Waals surface area contributed by atoms with Crippen LogP contribution in [-0.4, -0.2) is 25.3 Å². The summed E-state index contributed by atoms with van der Waals surface area (Å²) in [5.41, 5.74) is 3.78. The summed E-state index contributed by atoms with van der Waals surface area (Å²) in [4.78, 5) is 2.41. The molecule has 1 heterocycles. The monoisotopic (exact) mass is 253 g/mol. The van der Waals surface area contributed by atoms with Crippen LogP contribution in [0.2, 0.25) is 0 Å². The number of anilines is 1. The molecule has 2 nitrogen and oxygen atoms in total. The van der Waals surface area contributed by atoms with E-state index in [2.05, 4.69) is 43.9 Å². The highest BCUT2D eigenvalue weighted by molar-refractivity contribution is 6.17. The van der Waals surface area contributed by atoms with Gasteiger partial charge in [0.2, 0.25) is 0 Å². The third-order valence-corrected chi connectivity index (χ3v) is 3.48. The molecule has 1 aliphatic heterocycles. The molecule has 3 heteroatoms. The van der Waals surface area contributed by atoms with Gasteiger partial charge in [-0.1, -0.05) is 12.1 Å². The van der Waals surface area contributed by atoms with E-state index < -0.39 is 0 Å². The van der Waals surface area contributed by atoms with Crippen LogP contribution in [0, 0.1) is 6.92 Å². The van der Waals surface area contributed by atoms with Gasteiger partial charge < -0.3 is 9.64 Å². The Hall–Kier alpha value is -0.730. The van der Waals surface area contributed by atoms with Crippen molar-refractivity contribution in [1.29, 1.82) is 0 Å². The number of morpholine rings is 1. The molecule has 94 valence electrons. The molecular formula is C14H20ClNO. The number of ether oxygens (including phenoxy) is 1. The number of hydrogen-bond acceptors (Lipinski definition) is 2. The van der Waals surface area contributed by atoms with E-state index in [1.807, 2.05) is 0 Å². The molecule has 0 amide bonds. The number of rotatable bonds is 2. The number of alkyl halides is 1. The maximum atomic E-state index is 5.85. The first-order chi connectivity index (χ1) is 8.10. The minimum absolute atomic E-state index is 0.297. The first-order valence-electron chi connectivity index (χ1n) is 6.16. The first kappa shape index (κ1) is 12.7. The van der Waals surface area contributed by atoms with E-state index in [9.17, 15) is 0 Å². The minimum Gasteiger partial charge on any atom is -0.372 e. The van der Waals surface area contributed by atoms with Crippen LogP contribution in [0.25, 0.3) is 0 Å². The van der Waals surface area contributed by atoms with Crippen molar-refractivity contribution in [2.24, 2.45) is 0 Å². The second kappa shape index (κ2) is 5.28. The van der Waals surface area contributed by atoms with Gasteiger partial charge in [-0.2, -0.15) is 0 Å². The highest BCUT2D eigenvalue weighted by Gasteiger charge is 2.23. The highest BCUT2D eigenvalue weighted by Crippen LogP contribution is 2.25. The van der Waals surface area contributed by atoms with Crippen molar-refractivity contribution in [2.45, 2.75) is 38.9 Å². The molecule has 0 bridgehead atoms. The fourth-order valence-corrected chi connectivity index (χ4v) is 2.70. The molecule has 0 aromatic heterocycles. The zero-order valence-electron chi connectivity index (χ0n) is 10.7. The Morgan fingerprint density at radius 2 is 1.94 bits per heavy atom. The number of aryl methyl sites for hydroxylation is 1. The van der Waals surface area contributed by atoms with E-state index in [0.717, 1.165) is 13.1 Å². The number of halogens is 1. The molecule has 2 atom stereocenters. The van der Waals surface area contributed by atoms with Crippen molar-refractivity contribution in [3.8, 4) is 0 Å². The minimum atomic E-state index is 0.297. The summed E-state index contributed by atoms with van der Waals surface area (Å²) in [6.45, 7) is 8.34. The molecule has 17 heavy (non-hydrogen) atoms. The summed E-state index contributed by atoms with van der Waals surface area (Å²) in [5.74, 6) is 0.580. The average molecular weight is 254 g/mol. The van der Waals surface area contributed by atoms with Gasteiger partial charge in [0.15, 0.2) is 0 Å². The molecule has 1 aromatic rings. The van der Waals surface area contributed by atoms with Crippen molar-refractivity contribution in [1.82, 2.24) is 0 Å². The predicted molar refractivity (Wildman–Crippen MR) is 73.0 cm³/mol. The Balaban J connectivity index is 2.21. The summed E-state index contributed by atoms with van der Waals surface area (Å²) in [7, 11) is 0. The topological polar surface area (TPSA) is 12.5 Å². The fraction of sp³-hybridized carbons (Fsp3) is 0.571. The van der Waals surface area contributed by atoms with Crippen LogP contribution >= 0.6 is 11.6 Å². The summed E-state index contributed by atoms with van der Waals surface area (Å²) in [6, 6.07) is 6.46. The molecule has 0 spiro atoms. The molecule has 1 saturated heterocycles. The standard InChI is InChI=1S/C14H20ClNO/c1-10-6-13(7-15)4-5-14(10)16-8-11(2)17-12(3)9-16/h4-6,11-12H,7-9H2,1-3H3. The van der Waals surface area contributed by atoms with Gasteiger partial charge in [-0.15, -0.1) is 11.6 Å². The van der Waals surface area contributed by atoms with Crippen LogP contribution in [0.15, 0.2) is 18.2 Å². The van der Waals surface area contributed by atoms with Crippen LogP contribution in [0.5, 0.6) is 0 Å². The van der Waals surface area contributed by atoms with Gasteiger partial charge in [0.1, 0.15) is 0 Å². The number of nitrogens with zero attached hydrogens (tertiary/aromatic N) is 1. The zero-order valence-corrected chi connectivity index (χ0v) is 11.5. The van der Waals surface area contributed by atoms with Gasteiger partial charge in [-0.05, 0) is 38.0 Å². The molecule has 1 aliphatic rings. The lowest BCUT2D eigenvalue weighted by Crippen LogP contribution is -2.45. The van der Waals surface area contributed by atoms with Gasteiger partial charge in [-0.3, -0.25) is 0 Å². The molecular weight excluding hydrogens is 234 g/mol. The molecule has 2 unspecified atom stereocenters. The van der Waals surface area contributed by atoms with Crippen LogP contribution in [0.4, 0.5) is 5.69 Å². The summed E-state index contributed by atoms with van der Waals surface area (Å²) in [6.07, 6.45) is 0.594. The van der Waals surface area contributed by atoms with Crippen molar-refractivity contribution in [3.05, 3.63) is 29.3 Å². The predicted octanol–water partition coefficient (Wildman–Crippen LogP) is 3.35. The molecule has 1 fully saturated rings.